The van der Waals surface area contributed by atoms with Crippen molar-refractivity contribution in [3.05, 3.63) is 148 Å². The second-order valence-corrected chi connectivity index (χ2v) is 9.68. The highest BCUT2D eigenvalue weighted by atomic mass is 16.5. The van der Waals surface area contributed by atoms with Crippen molar-refractivity contribution in [3.8, 4) is 17.2 Å². The molecule has 0 aliphatic heterocycles. The van der Waals surface area contributed by atoms with Gasteiger partial charge in [-0.15, -0.1) is 0 Å². The van der Waals surface area contributed by atoms with Crippen LogP contribution in [0.4, 0.5) is 0 Å². The van der Waals surface area contributed by atoms with Gasteiger partial charge < -0.3 is 9.47 Å². The fourth-order valence-corrected chi connectivity index (χ4v) is 4.34. The van der Waals surface area contributed by atoms with E-state index in [1.807, 2.05) is 37.3 Å². The first kappa shape index (κ1) is 26.6. The quantitative estimate of drug-likeness (QED) is 0.205. The Morgan fingerprint density at radius 3 is 1.48 bits per heavy atom. The Labute approximate surface area is 233 Å². The summed E-state index contributed by atoms with van der Waals surface area (Å²) < 4.78 is 11.8. The van der Waals surface area contributed by atoms with Crippen LogP contribution in [0.1, 0.15) is 62.0 Å². The van der Waals surface area contributed by atoms with E-state index in [1.165, 1.54) is 6.92 Å². The third-order valence-electron chi connectivity index (χ3n) is 6.70. The average molecular weight is 529 g/mol. The van der Waals surface area contributed by atoms with Crippen LogP contribution >= 0.6 is 0 Å². The Bertz CT molecular complexity index is 1610. The van der Waals surface area contributed by atoms with Gasteiger partial charge >= 0.3 is 0 Å². The van der Waals surface area contributed by atoms with Crippen LogP contribution in [0.25, 0.3) is 0 Å². The number of ether oxygens (including phenoxy) is 2. The van der Waals surface area contributed by atoms with Gasteiger partial charge in [0.25, 0.3) is 0 Å². The highest BCUT2D eigenvalue weighted by Crippen LogP contribution is 2.27. The molecule has 5 nitrogen and oxygen atoms in total. The number of hydrogen-bond acceptors (Lipinski definition) is 5. The third kappa shape index (κ3) is 6.33. The second-order valence-electron chi connectivity index (χ2n) is 9.68. The Kier molecular flexibility index (Phi) is 7.83. The van der Waals surface area contributed by atoms with Gasteiger partial charge in [0.05, 0.1) is 0 Å². The Hall–Kier alpha value is -5.03. The first-order chi connectivity index (χ1) is 19.4. The van der Waals surface area contributed by atoms with Gasteiger partial charge in [0.15, 0.2) is 17.3 Å². The van der Waals surface area contributed by atoms with Crippen molar-refractivity contribution in [2.45, 2.75) is 26.7 Å². The van der Waals surface area contributed by atoms with Crippen molar-refractivity contribution in [2.75, 3.05) is 0 Å². The lowest BCUT2D eigenvalue weighted by molar-refractivity contribution is 0.101. The molecule has 1 aliphatic carbocycles. The molecule has 5 heteroatoms. The second kappa shape index (κ2) is 11.8. The number of benzene rings is 4. The van der Waals surface area contributed by atoms with Gasteiger partial charge in [-0.1, -0.05) is 48.0 Å². The molecule has 0 saturated carbocycles. The van der Waals surface area contributed by atoms with Crippen LogP contribution in [0.5, 0.6) is 17.2 Å². The Balaban J connectivity index is 1.18. The van der Waals surface area contributed by atoms with E-state index in [4.69, 9.17) is 9.47 Å². The molecule has 0 saturated heterocycles. The maximum atomic E-state index is 13.0. The van der Waals surface area contributed by atoms with Crippen LogP contribution in [-0.2, 0) is 0 Å². The molecule has 0 spiro atoms. The number of ketones is 3. The van der Waals surface area contributed by atoms with Crippen molar-refractivity contribution in [2.24, 2.45) is 0 Å². The van der Waals surface area contributed by atoms with Crippen LogP contribution in [-0.4, -0.2) is 17.3 Å². The van der Waals surface area contributed by atoms with E-state index in [1.54, 1.807) is 78.9 Å². The largest absolute Gasteiger partial charge is 0.462 e. The topological polar surface area (TPSA) is 69.7 Å². The van der Waals surface area contributed by atoms with E-state index in [-0.39, 0.29) is 17.3 Å². The Morgan fingerprint density at radius 1 is 0.525 bits per heavy atom. The normalized spacial score (nSPS) is 12.7. The van der Waals surface area contributed by atoms with Crippen molar-refractivity contribution in [3.63, 3.8) is 0 Å². The standard InChI is InChI=1S/C35H28O5/c1-23-3-15-30(16-4-23)39-31-17-11-28(12-18-31)35(38)29-13-21-33(22-14-29)40-32-19-9-27(10-20-32)34(37)26-7-5-25(6-8-26)24(2)36/h3-13,15-21H,14,22H2,1-2H3. The molecule has 0 aromatic heterocycles. The molecule has 1 aliphatic rings. The van der Waals surface area contributed by atoms with E-state index in [0.717, 1.165) is 22.6 Å². The number of allylic oxidation sites excluding steroid dienone is 4. The number of carbonyl (C=O) groups is 3. The van der Waals surface area contributed by atoms with Crippen molar-refractivity contribution < 1.29 is 23.9 Å². The lowest BCUT2D eigenvalue weighted by Crippen LogP contribution is -2.08. The van der Waals surface area contributed by atoms with E-state index in [9.17, 15) is 14.4 Å². The summed E-state index contributed by atoms with van der Waals surface area (Å²) in [5.41, 5.74) is 4.11. The summed E-state index contributed by atoms with van der Waals surface area (Å²) in [5, 5.41) is 0. The molecule has 40 heavy (non-hydrogen) atoms. The van der Waals surface area contributed by atoms with E-state index in [0.29, 0.717) is 46.6 Å². The van der Waals surface area contributed by atoms with E-state index in [2.05, 4.69) is 0 Å². The zero-order valence-electron chi connectivity index (χ0n) is 22.3. The molecule has 0 radical (unpaired) electrons. The van der Waals surface area contributed by atoms with Crippen molar-refractivity contribution in [1.82, 2.24) is 0 Å². The summed E-state index contributed by atoms with van der Waals surface area (Å²) >= 11 is 0. The fraction of sp³-hybridized carbons (Fsp3) is 0.114. The number of Topliss-reactive ketones (excluding diaryl/α,β-unsaturated/α-hetero) is 2. The molecule has 0 fully saturated rings. The number of aryl methyl sites for hydroxylation is 1. The van der Waals surface area contributed by atoms with Crippen LogP contribution < -0.4 is 9.47 Å². The van der Waals surface area contributed by atoms with Crippen LogP contribution in [0.3, 0.4) is 0 Å². The minimum atomic E-state index is -0.126. The lowest BCUT2D eigenvalue weighted by atomic mass is 9.95. The molecule has 5 rings (SSSR count). The first-order valence-electron chi connectivity index (χ1n) is 13.1. The summed E-state index contributed by atoms with van der Waals surface area (Å²) in [6.45, 7) is 3.52. The number of rotatable bonds is 9. The van der Waals surface area contributed by atoms with Gasteiger partial charge in [0, 0.05) is 34.2 Å². The molecule has 0 heterocycles. The highest BCUT2D eigenvalue weighted by molar-refractivity contribution is 6.10. The maximum Gasteiger partial charge on any atom is 0.193 e. The van der Waals surface area contributed by atoms with Crippen molar-refractivity contribution in [1.29, 1.82) is 0 Å². The smallest absolute Gasteiger partial charge is 0.193 e. The van der Waals surface area contributed by atoms with Gasteiger partial charge in [-0.3, -0.25) is 14.4 Å². The van der Waals surface area contributed by atoms with Crippen LogP contribution in [0.15, 0.2) is 121 Å². The average Bonchev–Trinajstić information content (AvgIpc) is 2.99. The zero-order chi connectivity index (χ0) is 28.1. The molecule has 0 N–H and O–H groups in total. The monoisotopic (exact) mass is 528 g/mol. The summed E-state index contributed by atoms with van der Waals surface area (Å²) in [6, 6.07) is 28.6. The van der Waals surface area contributed by atoms with E-state index < -0.39 is 0 Å². The Morgan fingerprint density at radius 2 is 0.975 bits per heavy atom. The molecular formula is C35H28O5. The summed E-state index contributed by atoms with van der Waals surface area (Å²) in [7, 11) is 0. The summed E-state index contributed by atoms with van der Waals surface area (Å²) in [4.78, 5) is 37.2. The summed E-state index contributed by atoms with van der Waals surface area (Å²) in [5.74, 6) is 2.60. The predicted octanol–water partition coefficient (Wildman–Crippen LogP) is 8.09. The predicted molar refractivity (Wildman–Crippen MR) is 154 cm³/mol. The zero-order valence-corrected chi connectivity index (χ0v) is 22.3. The number of hydrogen-bond donors (Lipinski definition) is 0. The van der Waals surface area contributed by atoms with Gasteiger partial charge in [0.2, 0.25) is 0 Å². The first-order valence-corrected chi connectivity index (χ1v) is 13.1. The van der Waals surface area contributed by atoms with Gasteiger partial charge in [-0.05, 0) is 87.0 Å². The van der Waals surface area contributed by atoms with Crippen LogP contribution in [0.2, 0.25) is 0 Å². The highest BCUT2D eigenvalue weighted by Gasteiger charge is 2.17. The lowest BCUT2D eigenvalue weighted by Gasteiger charge is -2.15. The van der Waals surface area contributed by atoms with Gasteiger partial charge in [-0.25, -0.2) is 0 Å². The van der Waals surface area contributed by atoms with E-state index >= 15 is 0 Å². The van der Waals surface area contributed by atoms with Gasteiger partial charge in [0.1, 0.15) is 23.0 Å². The third-order valence-corrected chi connectivity index (χ3v) is 6.70. The molecule has 4 aromatic rings. The van der Waals surface area contributed by atoms with Gasteiger partial charge in [-0.2, -0.15) is 0 Å². The number of carbonyl (C=O) groups excluding carboxylic acids is 3. The molecule has 0 unspecified atom stereocenters. The van der Waals surface area contributed by atoms with Crippen molar-refractivity contribution >= 4 is 17.3 Å². The van der Waals surface area contributed by atoms with Crippen LogP contribution in [0, 0.1) is 6.92 Å². The minimum absolute atomic E-state index is 0.0172. The molecular weight excluding hydrogens is 500 g/mol. The minimum Gasteiger partial charge on any atom is -0.462 e. The molecule has 198 valence electrons. The maximum absolute atomic E-state index is 13.0. The SMILES string of the molecule is CC(=O)c1ccc(C(=O)c2ccc(OC3=CC=C(C(=O)c4ccc(Oc5ccc(C)cc5)cc4)CC3)cc2)cc1. The summed E-state index contributed by atoms with van der Waals surface area (Å²) in [6.07, 6.45) is 4.79. The fourth-order valence-electron chi connectivity index (χ4n) is 4.34. The molecule has 0 amide bonds. The molecule has 4 aromatic carbocycles. The molecule has 0 bridgehead atoms. The molecule has 0 atom stereocenters.